The SMILES string of the molecule is Cc1ccc(F)cc1-c1nnc2c(C)c(C)c(Cl)nn12. The first kappa shape index (κ1) is 13.0. The van der Waals surface area contributed by atoms with E-state index in [1.54, 1.807) is 10.6 Å². The normalized spacial score (nSPS) is 11.2. The zero-order valence-corrected chi connectivity index (χ0v) is 12.0. The van der Waals surface area contributed by atoms with Crippen LogP contribution in [-0.4, -0.2) is 19.8 Å². The van der Waals surface area contributed by atoms with Gasteiger partial charge in [0.25, 0.3) is 0 Å². The summed E-state index contributed by atoms with van der Waals surface area (Å²) in [6.45, 7) is 5.68. The largest absolute Gasteiger partial charge is 0.207 e. The highest BCUT2D eigenvalue weighted by Crippen LogP contribution is 2.26. The number of aryl methyl sites for hydroxylation is 2. The molecule has 0 N–H and O–H groups in total. The summed E-state index contributed by atoms with van der Waals surface area (Å²) in [5, 5.41) is 12.9. The maximum Gasteiger partial charge on any atom is 0.185 e. The van der Waals surface area contributed by atoms with Gasteiger partial charge in [-0.05, 0) is 44.0 Å². The number of fused-ring (bicyclic) bond motifs is 1. The van der Waals surface area contributed by atoms with Crippen molar-refractivity contribution in [3.8, 4) is 11.4 Å². The van der Waals surface area contributed by atoms with Gasteiger partial charge >= 0.3 is 0 Å². The van der Waals surface area contributed by atoms with Crippen molar-refractivity contribution in [1.29, 1.82) is 0 Å². The number of hydrogen-bond acceptors (Lipinski definition) is 3. The number of nitrogens with zero attached hydrogens (tertiary/aromatic N) is 4. The number of hydrogen-bond donors (Lipinski definition) is 0. The standard InChI is InChI=1S/C14H12ClFN4/c1-7-4-5-10(16)6-11(7)14-18-17-13-9(3)8(2)12(15)19-20(13)14/h4-6H,1-3H3. The van der Waals surface area contributed by atoms with E-state index in [0.717, 1.165) is 16.7 Å². The number of aromatic nitrogens is 4. The van der Waals surface area contributed by atoms with Gasteiger partial charge in [-0.25, -0.2) is 4.39 Å². The van der Waals surface area contributed by atoms with Crippen LogP contribution in [-0.2, 0) is 0 Å². The summed E-state index contributed by atoms with van der Waals surface area (Å²) in [5.74, 6) is 0.166. The third kappa shape index (κ3) is 1.86. The predicted octanol–water partition coefficient (Wildman–Crippen LogP) is 3.51. The minimum atomic E-state index is -0.322. The van der Waals surface area contributed by atoms with E-state index in [0.29, 0.717) is 22.2 Å². The maximum absolute atomic E-state index is 13.5. The van der Waals surface area contributed by atoms with Crippen LogP contribution in [0.15, 0.2) is 18.2 Å². The Bertz CT molecular complexity index is 826. The fraction of sp³-hybridized carbons (Fsp3) is 0.214. The first-order valence-electron chi connectivity index (χ1n) is 6.13. The zero-order valence-electron chi connectivity index (χ0n) is 11.3. The molecule has 2 aromatic heterocycles. The van der Waals surface area contributed by atoms with Gasteiger partial charge in [-0.2, -0.15) is 9.61 Å². The fourth-order valence-corrected chi connectivity index (χ4v) is 2.31. The third-order valence-corrected chi connectivity index (χ3v) is 3.84. The van der Waals surface area contributed by atoms with Gasteiger partial charge < -0.3 is 0 Å². The summed E-state index contributed by atoms with van der Waals surface area (Å²) in [7, 11) is 0. The molecule has 0 saturated heterocycles. The second-order valence-corrected chi connectivity index (χ2v) is 5.12. The Morgan fingerprint density at radius 3 is 2.60 bits per heavy atom. The van der Waals surface area contributed by atoms with Crippen LogP contribution in [0.2, 0.25) is 5.15 Å². The first-order chi connectivity index (χ1) is 9.49. The van der Waals surface area contributed by atoms with Crippen molar-refractivity contribution >= 4 is 17.2 Å². The van der Waals surface area contributed by atoms with Crippen LogP contribution in [0, 0.1) is 26.6 Å². The molecule has 20 heavy (non-hydrogen) atoms. The van der Waals surface area contributed by atoms with Crippen LogP contribution in [0.4, 0.5) is 4.39 Å². The van der Waals surface area contributed by atoms with Crippen molar-refractivity contribution in [2.24, 2.45) is 0 Å². The maximum atomic E-state index is 13.5. The monoisotopic (exact) mass is 290 g/mol. The molecule has 102 valence electrons. The van der Waals surface area contributed by atoms with Gasteiger partial charge in [0.05, 0.1) is 0 Å². The van der Waals surface area contributed by atoms with Gasteiger partial charge in [-0.1, -0.05) is 17.7 Å². The van der Waals surface area contributed by atoms with Crippen molar-refractivity contribution in [2.45, 2.75) is 20.8 Å². The van der Waals surface area contributed by atoms with Gasteiger partial charge in [0.1, 0.15) is 5.82 Å². The molecule has 0 amide bonds. The van der Waals surface area contributed by atoms with Crippen molar-refractivity contribution in [3.05, 3.63) is 45.9 Å². The highest BCUT2D eigenvalue weighted by molar-refractivity contribution is 6.30. The molecule has 2 heterocycles. The molecule has 0 atom stereocenters. The van der Waals surface area contributed by atoms with Gasteiger partial charge in [-0.15, -0.1) is 10.2 Å². The predicted molar refractivity (Wildman–Crippen MR) is 75.4 cm³/mol. The Labute approximate surface area is 120 Å². The van der Waals surface area contributed by atoms with Gasteiger partial charge in [-0.3, -0.25) is 0 Å². The van der Waals surface area contributed by atoms with Crippen LogP contribution in [0.5, 0.6) is 0 Å². The molecule has 0 spiro atoms. The molecule has 4 nitrogen and oxygen atoms in total. The van der Waals surface area contributed by atoms with E-state index in [1.807, 2.05) is 20.8 Å². The van der Waals surface area contributed by atoms with E-state index in [1.165, 1.54) is 12.1 Å². The minimum Gasteiger partial charge on any atom is -0.207 e. The molecule has 0 saturated carbocycles. The average Bonchev–Trinajstić information content (AvgIpc) is 2.82. The van der Waals surface area contributed by atoms with Crippen LogP contribution in [0.1, 0.15) is 16.7 Å². The molecule has 3 rings (SSSR count). The minimum absolute atomic E-state index is 0.322. The lowest BCUT2D eigenvalue weighted by atomic mass is 10.1. The zero-order chi connectivity index (χ0) is 14.4. The molecular weight excluding hydrogens is 279 g/mol. The summed E-state index contributed by atoms with van der Waals surface area (Å²) in [6, 6.07) is 4.54. The van der Waals surface area contributed by atoms with Gasteiger partial charge in [0.2, 0.25) is 0 Å². The smallest absolute Gasteiger partial charge is 0.185 e. The van der Waals surface area contributed by atoms with Crippen LogP contribution >= 0.6 is 11.6 Å². The van der Waals surface area contributed by atoms with Crippen LogP contribution in [0.3, 0.4) is 0 Å². The Balaban J connectivity index is 2.36. The van der Waals surface area contributed by atoms with E-state index < -0.39 is 0 Å². The van der Waals surface area contributed by atoms with Crippen LogP contribution < -0.4 is 0 Å². The highest BCUT2D eigenvalue weighted by atomic mass is 35.5. The summed E-state index contributed by atoms with van der Waals surface area (Å²) in [6.07, 6.45) is 0. The number of rotatable bonds is 1. The summed E-state index contributed by atoms with van der Waals surface area (Å²) >= 11 is 6.12. The Hall–Kier alpha value is -2.01. The molecule has 0 aliphatic carbocycles. The molecule has 0 aliphatic rings. The average molecular weight is 291 g/mol. The first-order valence-corrected chi connectivity index (χ1v) is 6.51. The molecular formula is C14H12ClFN4. The van der Waals surface area contributed by atoms with Crippen molar-refractivity contribution < 1.29 is 4.39 Å². The summed E-state index contributed by atoms with van der Waals surface area (Å²) in [5.41, 5.74) is 3.97. The second-order valence-electron chi connectivity index (χ2n) is 4.76. The molecule has 0 aliphatic heterocycles. The number of benzene rings is 1. The van der Waals surface area contributed by atoms with Crippen molar-refractivity contribution in [1.82, 2.24) is 19.8 Å². The van der Waals surface area contributed by atoms with E-state index in [2.05, 4.69) is 15.3 Å². The second kappa shape index (κ2) is 4.52. The summed E-state index contributed by atoms with van der Waals surface area (Å²) in [4.78, 5) is 0. The molecule has 0 radical (unpaired) electrons. The van der Waals surface area contributed by atoms with E-state index >= 15 is 0 Å². The quantitative estimate of drug-likeness (QED) is 0.689. The summed E-state index contributed by atoms with van der Waals surface area (Å²) < 4.78 is 15.0. The van der Waals surface area contributed by atoms with E-state index in [-0.39, 0.29) is 5.82 Å². The lowest BCUT2D eigenvalue weighted by Crippen LogP contribution is -2.01. The third-order valence-electron chi connectivity index (χ3n) is 3.48. The van der Waals surface area contributed by atoms with E-state index in [4.69, 9.17) is 11.6 Å². The molecule has 1 aromatic carbocycles. The van der Waals surface area contributed by atoms with Crippen molar-refractivity contribution in [3.63, 3.8) is 0 Å². The Morgan fingerprint density at radius 2 is 1.85 bits per heavy atom. The van der Waals surface area contributed by atoms with Gasteiger partial charge in [0.15, 0.2) is 16.6 Å². The molecule has 0 unspecified atom stereocenters. The van der Waals surface area contributed by atoms with Gasteiger partial charge in [0, 0.05) is 11.1 Å². The lowest BCUT2D eigenvalue weighted by Gasteiger charge is -2.06. The molecule has 0 bridgehead atoms. The highest BCUT2D eigenvalue weighted by Gasteiger charge is 2.16. The molecule has 0 fully saturated rings. The molecule has 6 heteroatoms. The number of halogens is 2. The van der Waals surface area contributed by atoms with Crippen LogP contribution in [0.25, 0.3) is 17.0 Å². The fourth-order valence-electron chi connectivity index (χ4n) is 2.10. The van der Waals surface area contributed by atoms with Crippen molar-refractivity contribution in [2.75, 3.05) is 0 Å². The molecule has 3 aromatic rings. The lowest BCUT2D eigenvalue weighted by molar-refractivity contribution is 0.627. The Morgan fingerprint density at radius 1 is 1.10 bits per heavy atom. The van der Waals surface area contributed by atoms with E-state index in [9.17, 15) is 4.39 Å². The Kier molecular flexibility index (Phi) is 2.94. The topological polar surface area (TPSA) is 43.1 Å².